The van der Waals surface area contributed by atoms with Crippen molar-refractivity contribution in [3.8, 4) is 0 Å². The van der Waals surface area contributed by atoms with Gasteiger partial charge in [0.15, 0.2) is 0 Å². The van der Waals surface area contributed by atoms with E-state index in [0.29, 0.717) is 5.02 Å². The summed E-state index contributed by atoms with van der Waals surface area (Å²) in [4.78, 5) is 0. The molecule has 0 amide bonds. The van der Waals surface area contributed by atoms with Crippen LogP contribution in [0, 0.1) is 6.92 Å². The predicted octanol–water partition coefficient (Wildman–Crippen LogP) is 3.96. The van der Waals surface area contributed by atoms with Crippen molar-refractivity contribution in [3.63, 3.8) is 0 Å². The lowest BCUT2D eigenvalue weighted by atomic mass is 9.98. The lowest BCUT2D eigenvalue weighted by Crippen LogP contribution is -2.29. The molecule has 0 saturated carbocycles. The summed E-state index contributed by atoms with van der Waals surface area (Å²) in [5, 5.41) is 0.688. The second-order valence-corrected chi connectivity index (χ2v) is 5.50. The molecule has 0 radical (unpaired) electrons. The summed E-state index contributed by atoms with van der Waals surface area (Å²) in [6.07, 6.45) is 0. The summed E-state index contributed by atoms with van der Waals surface area (Å²) >= 11 is 9.66. The first-order valence-corrected chi connectivity index (χ1v) is 6.76. The summed E-state index contributed by atoms with van der Waals surface area (Å²) in [5.74, 6) is 5.66. The number of hydrazine groups is 1. The van der Waals surface area contributed by atoms with Crippen LogP contribution < -0.4 is 11.3 Å². The summed E-state index contributed by atoms with van der Waals surface area (Å²) in [6, 6.07) is 13.9. The minimum atomic E-state index is -0.105. The lowest BCUT2D eigenvalue weighted by Gasteiger charge is -2.18. The zero-order valence-electron chi connectivity index (χ0n) is 9.95. The van der Waals surface area contributed by atoms with Gasteiger partial charge >= 0.3 is 0 Å². The average Bonchev–Trinajstić information content (AvgIpc) is 2.35. The van der Waals surface area contributed by atoms with Gasteiger partial charge in [0.2, 0.25) is 0 Å². The molecule has 0 aromatic heterocycles. The SMILES string of the molecule is Cc1ccc(C(NN)c2ccc(Br)cc2Cl)cc1. The van der Waals surface area contributed by atoms with E-state index in [4.69, 9.17) is 17.4 Å². The minimum absolute atomic E-state index is 0.105. The van der Waals surface area contributed by atoms with E-state index < -0.39 is 0 Å². The molecule has 2 nitrogen and oxygen atoms in total. The molecule has 0 spiro atoms. The quantitative estimate of drug-likeness (QED) is 0.662. The first-order valence-electron chi connectivity index (χ1n) is 5.59. The van der Waals surface area contributed by atoms with E-state index in [2.05, 4.69) is 52.5 Å². The van der Waals surface area contributed by atoms with Crippen LogP contribution in [0.4, 0.5) is 0 Å². The molecule has 4 heteroatoms. The van der Waals surface area contributed by atoms with Gasteiger partial charge in [-0.2, -0.15) is 0 Å². The van der Waals surface area contributed by atoms with Crippen LogP contribution in [-0.4, -0.2) is 0 Å². The normalized spacial score (nSPS) is 12.4. The molecule has 2 rings (SSSR count). The first kappa shape index (κ1) is 13.6. The highest BCUT2D eigenvalue weighted by Crippen LogP contribution is 2.30. The molecule has 1 unspecified atom stereocenters. The van der Waals surface area contributed by atoms with Gasteiger partial charge < -0.3 is 0 Å². The van der Waals surface area contributed by atoms with Crippen LogP contribution in [0.25, 0.3) is 0 Å². The maximum absolute atomic E-state index is 6.26. The third-order valence-corrected chi connectivity index (χ3v) is 3.67. The van der Waals surface area contributed by atoms with Crippen molar-refractivity contribution in [3.05, 3.63) is 68.7 Å². The summed E-state index contributed by atoms with van der Waals surface area (Å²) in [7, 11) is 0. The van der Waals surface area contributed by atoms with E-state index in [-0.39, 0.29) is 6.04 Å². The number of halogens is 2. The highest BCUT2D eigenvalue weighted by Gasteiger charge is 2.15. The largest absolute Gasteiger partial charge is 0.271 e. The topological polar surface area (TPSA) is 38.0 Å². The van der Waals surface area contributed by atoms with Crippen LogP contribution >= 0.6 is 27.5 Å². The Morgan fingerprint density at radius 2 is 1.83 bits per heavy atom. The molecule has 2 aromatic carbocycles. The molecule has 18 heavy (non-hydrogen) atoms. The van der Waals surface area contributed by atoms with Crippen LogP contribution in [-0.2, 0) is 0 Å². The molecule has 94 valence electrons. The maximum Gasteiger partial charge on any atom is 0.0724 e. The van der Waals surface area contributed by atoms with E-state index in [9.17, 15) is 0 Å². The fourth-order valence-corrected chi connectivity index (χ4v) is 2.64. The number of hydrogen-bond acceptors (Lipinski definition) is 2. The van der Waals surface area contributed by atoms with E-state index in [0.717, 1.165) is 15.6 Å². The van der Waals surface area contributed by atoms with E-state index in [1.807, 2.05) is 18.2 Å². The van der Waals surface area contributed by atoms with Crippen molar-refractivity contribution >= 4 is 27.5 Å². The molecule has 0 heterocycles. The third-order valence-electron chi connectivity index (χ3n) is 2.85. The van der Waals surface area contributed by atoms with E-state index in [1.165, 1.54) is 5.56 Å². The number of nitrogens with two attached hydrogens (primary N) is 1. The van der Waals surface area contributed by atoms with Gasteiger partial charge in [0.1, 0.15) is 0 Å². The Morgan fingerprint density at radius 3 is 2.39 bits per heavy atom. The van der Waals surface area contributed by atoms with Gasteiger partial charge in [-0.15, -0.1) is 0 Å². The molecule has 3 N–H and O–H groups in total. The summed E-state index contributed by atoms with van der Waals surface area (Å²) in [5.41, 5.74) is 6.09. The number of nitrogens with one attached hydrogen (secondary N) is 1. The molecule has 1 atom stereocenters. The van der Waals surface area contributed by atoms with Gasteiger partial charge in [-0.05, 0) is 30.2 Å². The standard InChI is InChI=1S/C14H14BrClN2/c1-9-2-4-10(5-3-9)14(18-17)12-7-6-11(15)8-13(12)16/h2-8,14,18H,17H2,1H3. The number of hydrogen-bond donors (Lipinski definition) is 2. The Kier molecular flexibility index (Phi) is 4.40. The van der Waals surface area contributed by atoms with Crippen molar-refractivity contribution in [2.45, 2.75) is 13.0 Å². The fraction of sp³-hybridized carbons (Fsp3) is 0.143. The Morgan fingerprint density at radius 1 is 1.17 bits per heavy atom. The van der Waals surface area contributed by atoms with Crippen molar-refractivity contribution in [2.75, 3.05) is 0 Å². The number of aryl methyl sites for hydroxylation is 1. The number of benzene rings is 2. The molecular weight excluding hydrogens is 312 g/mol. The highest BCUT2D eigenvalue weighted by molar-refractivity contribution is 9.10. The van der Waals surface area contributed by atoms with Gasteiger partial charge in [0.25, 0.3) is 0 Å². The fourth-order valence-electron chi connectivity index (χ4n) is 1.86. The van der Waals surface area contributed by atoms with Crippen molar-refractivity contribution < 1.29 is 0 Å². The Balaban J connectivity index is 2.41. The zero-order chi connectivity index (χ0) is 13.1. The second kappa shape index (κ2) is 5.85. The smallest absolute Gasteiger partial charge is 0.0724 e. The summed E-state index contributed by atoms with van der Waals surface area (Å²) in [6.45, 7) is 2.06. The minimum Gasteiger partial charge on any atom is -0.271 e. The first-order chi connectivity index (χ1) is 8.61. The Labute approximate surface area is 120 Å². The van der Waals surface area contributed by atoms with E-state index in [1.54, 1.807) is 0 Å². The summed E-state index contributed by atoms with van der Waals surface area (Å²) < 4.78 is 0.955. The third kappa shape index (κ3) is 2.93. The van der Waals surface area contributed by atoms with Gasteiger partial charge in [0.05, 0.1) is 6.04 Å². The highest BCUT2D eigenvalue weighted by atomic mass is 79.9. The van der Waals surface area contributed by atoms with Crippen LogP contribution in [0.15, 0.2) is 46.9 Å². The predicted molar refractivity (Wildman–Crippen MR) is 79.5 cm³/mol. The molecule has 0 aliphatic rings. The van der Waals surface area contributed by atoms with Gasteiger partial charge in [0, 0.05) is 9.50 Å². The maximum atomic E-state index is 6.26. The Bertz CT molecular complexity index is 540. The molecule has 0 fully saturated rings. The Hall–Kier alpha value is -0.870. The molecular formula is C14H14BrClN2. The van der Waals surface area contributed by atoms with Crippen LogP contribution in [0.5, 0.6) is 0 Å². The van der Waals surface area contributed by atoms with Gasteiger partial charge in [-0.1, -0.05) is 63.4 Å². The van der Waals surface area contributed by atoms with E-state index >= 15 is 0 Å². The zero-order valence-corrected chi connectivity index (χ0v) is 12.3. The van der Waals surface area contributed by atoms with Crippen molar-refractivity contribution in [1.29, 1.82) is 0 Å². The molecule has 2 aromatic rings. The van der Waals surface area contributed by atoms with Gasteiger partial charge in [-0.3, -0.25) is 5.84 Å². The molecule has 0 bridgehead atoms. The van der Waals surface area contributed by atoms with Gasteiger partial charge in [-0.25, -0.2) is 5.43 Å². The van der Waals surface area contributed by atoms with Crippen LogP contribution in [0.3, 0.4) is 0 Å². The lowest BCUT2D eigenvalue weighted by molar-refractivity contribution is 0.637. The van der Waals surface area contributed by atoms with Crippen LogP contribution in [0.2, 0.25) is 5.02 Å². The van der Waals surface area contributed by atoms with Crippen LogP contribution in [0.1, 0.15) is 22.7 Å². The number of rotatable bonds is 3. The molecule has 0 aliphatic carbocycles. The van der Waals surface area contributed by atoms with Crippen molar-refractivity contribution in [2.24, 2.45) is 5.84 Å². The average molecular weight is 326 g/mol. The monoisotopic (exact) mass is 324 g/mol. The van der Waals surface area contributed by atoms with Crippen molar-refractivity contribution in [1.82, 2.24) is 5.43 Å². The molecule has 0 aliphatic heterocycles. The second-order valence-electron chi connectivity index (χ2n) is 4.18. The molecule has 0 saturated heterocycles.